The Hall–Kier alpha value is -1.08. The first-order valence-corrected chi connectivity index (χ1v) is 8.38. The Bertz CT molecular complexity index is 486. The number of nitrogens with zero attached hydrogens (tertiary/aromatic N) is 1. The smallest absolute Gasteiger partial charge is 0.0287 e. The minimum absolute atomic E-state index is 0.719. The van der Waals surface area contributed by atoms with Crippen LogP contribution in [0, 0.1) is 5.92 Å². The van der Waals surface area contributed by atoms with E-state index in [2.05, 4.69) is 41.3 Å². The van der Waals surface area contributed by atoms with E-state index in [0.29, 0.717) is 0 Å². The summed E-state index contributed by atoms with van der Waals surface area (Å²) < 4.78 is 0. The highest BCUT2D eigenvalue weighted by atomic mass is 15.2. The summed E-state index contributed by atoms with van der Waals surface area (Å²) in [5.74, 6) is 1.04. The highest BCUT2D eigenvalue weighted by Gasteiger charge is 2.35. The molecule has 0 spiro atoms. The maximum absolute atomic E-state index is 2.77. The zero-order chi connectivity index (χ0) is 13.4. The molecule has 2 atom stereocenters. The predicted octanol–water partition coefficient (Wildman–Crippen LogP) is 4.54. The first-order chi connectivity index (χ1) is 9.88. The molecule has 1 nitrogen and oxygen atoms in total. The van der Waals surface area contributed by atoms with Crippen molar-refractivity contribution in [3.63, 3.8) is 0 Å². The SMILES string of the molecule is C1=C(CC2CC2)CC2CCCC1N2Cc1ccccc1. The molecule has 1 saturated heterocycles. The number of fused-ring (bicyclic) bond motifs is 2. The molecule has 0 amide bonds. The molecular formula is C19H25N. The Kier molecular flexibility index (Phi) is 3.39. The monoisotopic (exact) mass is 267 g/mol. The van der Waals surface area contributed by atoms with E-state index in [4.69, 9.17) is 0 Å². The Morgan fingerprint density at radius 1 is 1.00 bits per heavy atom. The Morgan fingerprint density at radius 2 is 1.85 bits per heavy atom. The van der Waals surface area contributed by atoms with Gasteiger partial charge in [0.25, 0.3) is 0 Å². The van der Waals surface area contributed by atoms with E-state index in [1.165, 1.54) is 50.5 Å². The van der Waals surface area contributed by atoms with Crippen molar-refractivity contribution >= 4 is 0 Å². The molecule has 106 valence electrons. The van der Waals surface area contributed by atoms with Crippen molar-refractivity contribution in [3.8, 4) is 0 Å². The molecule has 1 aliphatic carbocycles. The third kappa shape index (κ3) is 2.69. The van der Waals surface area contributed by atoms with E-state index >= 15 is 0 Å². The predicted molar refractivity (Wildman–Crippen MR) is 83.5 cm³/mol. The van der Waals surface area contributed by atoms with Crippen LogP contribution in [0.25, 0.3) is 0 Å². The Balaban J connectivity index is 1.50. The topological polar surface area (TPSA) is 3.24 Å². The normalized spacial score (nSPS) is 30.1. The average Bonchev–Trinajstić information content (AvgIpc) is 3.25. The van der Waals surface area contributed by atoms with Crippen LogP contribution in [0.3, 0.4) is 0 Å². The number of benzene rings is 1. The fourth-order valence-electron chi connectivity index (χ4n) is 4.09. The van der Waals surface area contributed by atoms with Crippen molar-refractivity contribution in [3.05, 3.63) is 47.5 Å². The molecule has 0 aromatic heterocycles. The first-order valence-electron chi connectivity index (χ1n) is 8.38. The molecule has 1 aromatic carbocycles. The highest BCUT2D eigenvalue weighted by molar-refractivity contribution is 5.20. The molecule has 2 unspecified atom stereocenters. The van der Waals surface area contributed by atoms with Crippen LogP contribution in [0.15, 0.2) is 42.0 Å². The fourth-order valence-corrected chi connectivity index (χ4v) is 4.09. The summed E-state index contributed by atoms with van der Waals surface area (Å²) in [6.07, 6.45) is 12.6. The maximum Gasteiger partial charge on any atom is 0.0287 e. The molecule has 2 bridgehead atoms. The van der Waals surface area contributed by atoms with Gasteiger partial charge in [0.2, 0.25) is 0 Å². The molecule has 0 radical (unpaired) electrons. The van der Waals surface area contributed by atoms with Crippen molar-refractivity contribution in [1.82, 2.24) is 4.90 Å². The molecule has 2 fully saturated rings. The maximum atomic E-state index is 2.77. The van der Waals surface area contributed by atoms with Crippen molar-refractivity contribution in [2.24, 2.45) is 5.92 Å². The van der Waals surface area contributed by atoms with Gasteiger partial charge in [0.15, 0.2) is 0 Å². The lowest BCUT2D eigenvalue weighted by Crippen LogP contribution is -2.48. The molecule has 3 aliphatic rings. The van der Waals surface area contributed by atoms with E-state index in [9.17, 15) is 0 Å². The van der Waals surface area contributed by atoms with E-state index in [1.807, 2.05) is 0 Å². The summed E-state index contributed by atoms with van der Waals surface area (Å²) in [6.45, 7) is 1.14. The minimum Gasteiger partial charge on any atom is -0.289 e. The van der Waals surface area contributed by atoms with E-state index < -0.39 is 0 Å². The van der Waals surface area contributed by atoms with E-state index in [-0.39, 0.29) is 0 Å². The molecular weight excluding hydrogens is 242 g/mol. The van der Waals surface area contributed by atoms with Crippen LogP contribution in [0.4, 0.5) is 0 Å². The molecule has 1 heteroatoms. The number of hydrogen-bond donors (Lipinski definition) is 0. The molecule has 0 N–H and O–H groups in total. The Labute approximate surface area is 122 Å². The van der Waals surface area contributed by atoms with Gasteiger partial charge in [-0.25, -0.2) is 0 Å². The molecule has 4 rings (SSSR count). The lowest BCUT2D eigenvalue weighted by molar-refractivity contribution is 0.0874. The molecule has 1 aromatic rings. The summed E-state index contributed by atoms with van der Waals surface area (Å²) in [7, 11) is 0. The van der Waals surface area contributed by atoms with Crippen LogP contribution in [0.2, 0.25) is 0 Å². The van der Waals surface area contributed by atoms with Gasteiger partial charge in [0.05, 0.1) is 0 Å². The van der Waals surface area contributed by atoms with Gasteiger partial charge in [0.1, 0.15) is 0 Å². The largest absolute Gasteiger partial charge is 0.289 e. The number of rotatable bonds is 4. The zero-order valence-corrected chi connectivity index (χ0v) is 12.3. The van der Waals surface area contributed by atoms with Crippen LogP contribution in [-0.2, 0) is 6.54 Å². The van der Waals surface area contributed by atoms with Crippen LogP contribution in [-0.4, -0.2) is 17.0 Å². The van der Waals surface area contributed by atoms with Crippen molar-refractivity contribution in [2.75, 3.05) is 0 Å². The van der Waals surface area contributed by atoms with Crippen molar-refractivity contribution in [1.29, 1.82) is 0 Å². The zero-order valence-electron chi connectivity index (χ0n) is 12.3. The molecule has 2 heterocycles. The van der Waals surface area contributed by atoms with Gasteiger partial charge in [-0.2, -0.15) is 0 Å². The highest BCUT2D eigenvalue weighted by Crippen LogP contribution is 2.41. The quantitative estimate of drug-likeness (QED) is 0.724. The van der Waals surface area contributed by atoms with Gasteiger partial charge in [0, 0.05) is 18.6 Å². The van der Waals surface area contributed by atoms with Crippen LogP contribution in [0.5, 0.6) is 0 Å². The number of piperidine rings is 1. The van der Waals surface area contributed by atoms with Gasteiger partial charge in [-0.05, 0) is 50.0 Å². The summed E-state index contributed by atoms with van der Waals surface area (Å²) in [5, 5.41) is 0. The van der Waals surface area contributed by atoms with Crippen LogP contribution in [0.1, 0.15) is 50.5 Å². The second-order valence-electron chi connectivity index (χ2n) is 6.99. The van der Waals surface area contributed by atoms with Crippen LogP contribution >= 0.6 is 0 Å². The third-order valence-corrected chi connectivity index (χ3v) is 5.31. The van der Waals surface area contributed by atoms with Gasteiger partial charge in [-0.3, -0.25) is 4.90 Å². The van der Waals surface area contributed by atoms with Crippen LogP contribution < -0.4 is 0 Å². The van der Waals surface area contributed by atoms with Gasteiger partial charge < -0.3 is 0 Å². The number of hydrogen-bond acceptors (Lipinski definition) is 1. The average molecular weight is 267 g/mol. The lowest BCUT2D eigenvalue weighted by atomic mass is 9.83. The second-order valence-corrected chi connectivity index (χ2v) is 6.99. The summed E-state index contributed by atoms with van der Waals surface area (Å²) in [5.41, 5.74) is 3.26. The molecule has 20 heavy (non-hydrogen) atoms. The summed E-state index contributed by atoms with van der Waals surface area (Å²) >= 11 is 0. The molecule has 2 aliphatic heterocycles. The summed E-state index contributed by atoms with van der Waals surface area (Å²) in [4.78, 5) is 2.77. The second kappa shape index (κ2) is 5.37. The van der Waals surface area contributed by atoms with Gasteiger partial charge in [-0.1, -0.05) is 48.4 Å². The summed E-state index contributed by atoms with van der Waals surface area (Å²) in [6, 6.07) is 12.5. The van der Waals surface area contributed by atoms with Crippen molar-refractivity contribution < 1.29 is 0 Å². The van der Waals surface area contributed by atoms with Gasteiger partial charge in [-0.15, -0.1) is 0 Å². The fraction of sp³-hybridized carbons (Fsp3) is 0.579. The van der Waals surface area contributed by atoms with Crippen molar-refractivity contribution in [2.45, 2.75) is 63.6 Å². The Morgan fingerprint density at radius 3 is 2.60 bits per heavy atom. The van der Waals surface area contributed by atoms with Gasteiger partial charge >= 0.3 is 0 Å². The standard InChI is InChI=1S/C19H25N/c1-2-5-16(6-3-1)14-20-18-7-4-8-19(20)13-17(12-18)11-15-9-10-15/h1-3,5-6,12,15,18-19H,4,7-11,13-14H2. The first kappa shape index (κ1) is 12.6. The molecule has 1 saturated carbocycles. The van der Waals surface area contributed by atoms with E-state index in [0.717, 1.165) is 24.5 Å². The third-order valence-electron chi connectivity index (χ3n) is 5.31. The lowest BCUT2D eigenvalue weighted by Gasteiger charge is -2.45. The van der Waals surface area contributed by atoms with E-state index in [1.54, 1.807) is 5.57 Å². The minimum atomic E-state index is 0.719.